The maximum Gasteiger partial charge on any atom is 0.115 e. The molecule has 0 spiro atoms. The summed E-state index contributed by atoms with van der Waals surface area (Å²) in [5.41, 5.74) is 2.57. The zero-order chi connectivity index (χ0) is 11.5. The molecule has 2 heterocycles. The molecule has 1 atom stereocenters. The minimum Gasteiger partial charge on any atom is -0.386 e. The van der Waals surface area contributed by atoms with Gasteiger partial charge < -0.3 is 5.11 Å². The van der Waals surface area contributed by atoms with Gasteiger partial charge in [-0.2, -0.15) is 5.10 Å². The molecule has 0 fully saturated rings. The van der Waals surface area contributed by atoms with E-state index in [1.807, 2.05) is 20.0 Å². The molecule has 0 aliphatic heterocycles. The normalized spacial score (nSPS) is 12.7. The van der Waals surface area contributed by atoms with Crippen LogP contribution in [0.2, 0.25) is 0 Å². The Balaban J connectivity index is 2.14. The molecule has 0 aliphatic carbocycles. The van der Waals surface area contributed by atoms with Crippen molar-refractivity contribution in [1.82, 2.24) is 19.7 Å². The Kier molecular flexibility index (Phi) is 2.96. The number of nitrogens with zero attached hydrogens (tertiary/aromatic N) is 4. The molecule has 0 radical (unpaired) electrons. The fourth-order valence-electron chi connectivity index (χ4n) is 1.66. The third kappa shape index (κ3) is 2.25. The Morgan fingerprint density at radius 1 is 1.50 bits per heavy atom. The molecule has 0 aromatic carbocycles. The summed E-state index contributed by atoms with van der Waals surface area (Å²) in [5, 5.41) is 14.2. The molecule has 0 bridgehead atoms. The van der Waals surface area contributed by atoms with Gasteiger partial charge in [0, 0.05) is 25.4 Å². The van der Waals surface area contributed by atoms with Crippen molar-refractivity contribution in [3.8, 4) is 0 Å². The first-order valence-corrected chi connectivity index (χ1v) is 5.10. The molecule has 0 amide bonds. The first kappa shape index (κ1) is 10.8. The highest BCUT2D eigenvalue weighted by Crippen LogP contribution is 2.15. The van der Waals surface area contributed by atoms with Crippen LogP contribution in [0, 0.1) is 6.92 Å². The van der Waals surface area contributed by atoms with E-state index in [1.54, 1.807) is 16.9 Å². The van der Waals surface area contributed by atoms with Crippen LogP contribution in [-0.2, 0) is 13.5 Å². The number of aliphatic hydroxyl groups is 1. The van der Waals surface area contributed by atoms with Gasteiger partial charge in [-0.05, 0) is 19.1 Å². The van der Waals surface area contributed by atoms with Gasteiger partial charge in [-0.25, -0.2) is 9.97 Å². The lowest BCUT2D eigenvalue weighted by Gasteiger charge is -2.09. The van der Waals surface area contributed by atoms with E-state index >= 15 is 0 Å². The van der Waals surface area contributed by atoms with E-state index in [-0.39, 0.29) is 0 Å². The Morgan fingerprint density at radius 3 is 2.88 bits per heavy atom. The third-order valence-corrected chi connectivity index (χ3v) is 2.45. The molecular formula is C11H14N4O. The lowest BCUT2D eigenvalue weighted by atomic mass is 10.1. The fourth-order valence-corrected chi connectivity index (χ4v) is 1.66. The van der Waals surface area contributed by atoms with Crippen molar-refractivity contribution in [3.05, 3.63) is 41.7 Å². The second-order valence-corrected chi connectivity index (χ2v) is 3.75. The molecule has 2 rings (SSSR count). The largest absolute Gasteiger partial charge is 0.386 e. The number of hydrogen-bond donors (Lipinski definition) is 1. The van der Waals surface area contributed by atoms with E-state index in [0.717, 1.165) is 11.4 Å². The van der Waals surface area contributed by atoms with E-state index in [4.69, 9.17) is 0 Å². The Labute approximate surface area is 93.8 Å². The summed E-state index contributed by atoms with van der Waals surface area (Å²) in [5.74, 6) is 0. The van der Waals surface area contributed by atoms with Crippen molar-refractivity contribution in [3.63, 3.8) is 0 Å². The predicted octanol–water partition coefficient (Wildman–Crippen LogP) is 0.795. The van der Waals surface area contributed by atoms with Crippen LogP contribution in [0.25, 0.3) is 0 Å². The first-order chi connectivity index (χ1) is 7.66. The maximum atomic E-state index is 9.98. The molecule has 5 heteroatoms. The standard InChI is InChI=1S/C11H14N4O/c1-8-5-9(15(2)14-8)6-11(16)10-3-4-12-7-13-10/h3-5,7,11,16H,6H2,1-2H3. The van der Waals surface area contributed by atoms with Crippen molar-refractivity contribution in [1.29, 1.82) is 0 Å². The molecule has 2 aromatic rings. The molecule has 16 heavy (non-hydrogen) atoms. The van der Waals surface area contributed by atoms with Crippen LogP contribution in [0.1, 0.15) is 23.2 Å². The van der Waals surface area contributed by atoms with E-state index in [1.165, 1.54) is 6.33 Å². The fraction of sp³-hybridized carbons (Fsp3) is 0.364. The number of aryl methyl sites for hydroxylation is 2. The van der Waals surface area contributed by atoms with Crippen molar-refractivity contribution in [2.75, 3.05) is 0 Å². The second kappa shape index (κ2) is 4.40. The predicted molar refractivity (Wildman–Crippen MR) is 58.6 cm³/mol. The molecule has 2 aromatic heterocycles. The molecule has 1 unspecified atom stereocenters. The summed E-state index contributed by atoms with van der Waals surface area (Å²) in [6, 6.07) is 3.68. The van der Waals surface area contributed by atoms with Crippen molar-refractivity contribution in [2.45, 2.75) is 19.4 Å². The average Bonchev–Trinajstić information content (AvgIpc) is 2.59. The number of aromatic nitrogens is 4. The van der Waals surface area contributed by atoms with Gasteiger partial charge in [-0.1, -0.05) is 0 Å². The summed E-state index contributed by atoms with van der Waals surface area (Å²) in [6.45, 7) is 1.93. The Morgan fingerprint density at radius 2 is 2.31 bits per heavy atom. The van der Waals surface area contributed by atoms with Crippen LogP contribution >= 0.6 is 0 Å². The molecule has 0 saturated carbocycles. The zero-order valence-electron chi connectivity index (χ0n) is 9.33. The highest BCUT2D eigenvalue weighted by molar-refractivity contribution is 5.12. The summed E-state index contributed by atoms with van der Waals surface area (Å²) in [6.07, 6.45) is 2.96. The van der Waals surface area contributed by atoms with Gasteiger partial charge in [-0.3, -0.25) is 4.68 Å². The first-order valence-electron chi connectivity index (χ1n) is 5.10. The van der Waals surface area contributed by atoms with Gasteiger partial charge in [0.2, 0.25) is 0 Å². The van der Waals surface area contributed by atoms with Crippen LogP contribution in [-0.4, -0.2) is 24.9 Å². The Hall–Kier alpha value is -1.75. The maximum absolute atomic E-state index is 9.98. The zero-order valence-corrected chi connectivity index (χ0v) is 9.33. The monoisotopic (exact) mass is 218 g/mol. The summed E-state index contributed by atoms with van der Waals surface area (Å²) < 4.78 is 1.78. The van der Waals surface area contributed by atoms with Crippen LogP contribution in [0.3, 0.4) is 0 Å². The smallest absolute Gasteiger partial charge is 0.115 e. The van der Waals surface area contributed by atoms with Crippen molar-refractivity contribution in [2.24, 2.45) is 7.05 Å². The van der Waals surface area contributed by atoms with Crippen LogP contribution < -0.4 is 0 Å². The average molecular weight is 218 g/mol. The lowest BCUT2D eigenvalue weighted by Crippen LogP contribution is -2.07. The third-order valence-electron chi connectivity index (χ3n) is 2.45. The van der Waals surface area contributed by atoms with Gasteiger partial charge in [0.05, 0.1) is 11.4 Å². The van der Waals surface area contributed by atoms with Crippen LogP contribution in [0.15, 0.2) is 24.7 Å². The molecule has 0 saturated heterocycles. The van der Waals surface area contributed by atoms with Crippen molar-refractivity contribution < 1.29 is 5.11 Å². The van der Waals surface area contributed by atoms with E-state index in [2.05, 4.69) is 15.1 Å². The number of rotatable bonds is 3. The number of hydrogen-bond acceptors (Lipinski definition) is 4. The molecule has 1 N–H and O–H groups in total. The summed E-state index contributed by atoms with van der Waals surface area (Å²) in [4.78, 5) is 7.84. The van der Waals surface area contributed by atoms with Crippen LogP contribution in [0.5, 0.6) is 0 Å². The van der Waals surface area contributed by atoms with E-state index in [0.29, 0.717) is 12.1 Å². The second-order valence-electron chi connectivity index (χ2n) is 3.75. The van der Waals surface area contributed by atoms with Gasteiger partial charge in [0.15, 0.2) is 0 Å². The number of aliphatic hydroxyl groups excluding tert-OH is 1. The molecule has 5 nitrogen and oxygen atoms in total. The minimum atomic E-state index is -0.613. The molecule has 84 valence electrons. The highest BCUT2D eigenvalue weighted by atomic mass is 16.3. The SMILES string of the molecule is Cc1cc(CC(O)c2ccncn2)n(C)n1. The van der Waals surface area contributed by atoms with E-state index < -0.39 is 6.10 Å². The molecular weight excluding hydrogens is 204 g/mol. The minimum absolute atomic E-state index is 0.508. The van der Waals surface area contributed by atoms with Gasteiger partial charge in [0.25, 0.3) is 0 Å². The van der Waals surface area contributed by atoms with Crippen LogP contribution in [0.4, 0.5) is 0 Å². The molecule has 0 aliphatic rings. The quantitative estimate of drug-likeness (QED) is 0.827. The van der Waals surface area contributed by atoms with Gasteiger partial charge >= 0.3 is 0 Å². The van der Waals surface area contributed by atoms with Gasteiger partial charge in [0.1, 0.15) is 12.4 Å². The summed E-state index contributed by atoms with van der Waals surface area (Å²) >= 11 is 0. The Bertz CT molecular complexity index is 466. The lowest BCUT2D eigenvalue weighted by molar-refractivity contribution is 0.171. The topological polar surface area (TPSA) is 63.8 Å². The van der Waals surface area contributed by atoms with E-state index in [9.17, 15) is 5.11 Å². The summed E-state index contributed by atoms with van der Waals surface area (Å²) in [7, 11) is 1.87. The highest BCUT2D eigenvalue weighted by Gasteiger charge is 2.12. The van der Waals surface area contributed by atoms with Gasteiger partial charge in [-0.15, -0.1) is 0 Å². The van der Waals surface area contributed by atoms with Crippen molar-refractivity contribution >= 4 is 0 Å².